The van der Waals surface area contributed by atoms with Gasteiger partial charge in [-0.15, -0.1) is 11.8 Å². The molecule has 0 atom stereocenters. The number of allylic oxidation sites excluding steroid dienone is 2. The van der Waals surface area contributed by atoms with E-state index in [4.69, 9.17) is 0 Å². The average molecular weight is 275 g/mol. The van der Waals surface area contributed by atoms with E-state index in [-0.39, 0.29) is 0 Å². The van der Waals surface area contributed by atoms with E-state index in [9.17, 15) is 0 Å². The van der Waals surface area contributed by atoms with E-state index in [0.29, 0.717) is 11.8 Å². The Balaban J connectivity index is 2.59. The molecule has 0 bridgehead atoms. The third-order valence-electron chi connectivity index (χ3n) is 3.94. The van der Waals surface area contributed by atoms with Crippen LogP contribution in [0.4, 0.5) is 5.69 Å². The van der Waals surface area contributed by atoms with Gasteiger partial charge >= 0.3 is 0 Å². The summed E-state index contributed by atoms with van der Waals surface area (Å²) in [6.45, 7) is 13.6. The van der Waals surface area contributed by atoms with E-state index in [2.05, 4.69) is 64.6 Å². The molecule has 2 rings (SSSR count). The number of rotatable bonds is 3. The van der Waals surface area contributed by atoms with Gasteiger partial charge in [-0.1, -0.05) is 45.9 Å². The predicted molar refractivity (Wildman–Crippen MR) is 87.9 cm³/mol. The fourth-order valence-corrected chi connectivity index (χ4v) is 3.57. The maximum absolute atomic E-state index is 2.50. The van der Waals surface area contributed by atoms with E-state index < -0.39 is 0 Å². The fraction of sp³-hybridized carbons (Fsp3) is 0.529. The molecule has 0 aliphatic carbocycles. The second kappa shape index (κ2) is 5.62. The van der Waals surface area contributed by atoms with Gasteiger partial charge < -0.3 is 4.90 Å². The van der Waals surface area contributed by atoms with Crippen LogP contribution in [0.5, 0.6) is 0 Å². The first-order valence-corrected chi connectivity index (χ1v) is 8.12. The van der Waals surface area contributed by atoms with Crippen molar-refractivity contribution in [2.24, 2.45) is 0 Å². The smallest absolute Gasteiger partial charge is 0.0729 e. The Labute approximate surface area is 122 Å². The Hall–Kier alpha value is -0.890. The number of hydrogen-bond acceptors (Lipinski definition) is 2. The number of anilines is 1. The summed E-state index contributed by atoms with van der Waals surface area (Å²) >= 11 is 1.95. The van der Waals surface area contributed by atoms with Crippen LogP contribution in [0.2, 0.25) is 0 Å². The molecule has 1 aromatic carbocycles. The molecule has 0 fully saturated rings. The molecular weight excluding hydrogens is 250 g/mol. The highest BCUT2D eigenvalue weighted by Crippen LogP contribution is 2.42. The first-order chi connectivity index (χ1) is 8.93. The van der Waals surface area contributed by atoms with Crippen LogP contribution in [0.15, 0.2) is 28.8 Å². The first-order valence-electron chi connectivity index (χ1n) is 7.14. The van der Waals surface area contributed by atoms with Gasteiger partial charge in [0.15, 0.2) is 0 Å². The van der Waals surface area contributed by atoms with Gasteiger partial charge in [-0.2, -0.15) is 0 Å². The van der Waals surface area contributed by atoms with Gasteiger partial charge in [0.2, 0.25) is 0 Å². The predicted octanol–water partition coefficient (Wildman–Crippen LogP) is 5.70. The van der Waals surface area contributed by atoms with Crippen molar-refractivity contribution >= 4 is 17.4 Å². The number of para-hydroxylation sites is 1. The Morgan fingerprint density at radius 1 is 1.00 bits per heavy atom. The molecule has 0 spiro atoms. The van der Waals surface area contributed by atoms with Crippen molar-refractivity contribution in [3.63, 3.8) is 0 Å². The standard InChI is InChI=1S/C17H25NS/c1-11(2)15-8-7-9-16(12(3)4)17(15)18-10-19-14(6)13(18)5/h7-9,11-12H,10H2,1-6H3. The fourth-order valence-electron chi connectivity index (χ4n) is 2.61. The largest absolute Gasteiger partial charge is 0.334 e. The lowest BCUT2D eigenvalue weighted by molar-refractivity contribution is 0.821. The van der Waals surface area contributed by atoms with Gasteiger partial charge in [0.25, 0.3) is 0 Å². The molecule has 0 radical (unpaired) electrons. The highest BCUT2D eigenvalue weighted by molar-refractivity contribution is 8.03. The van der Waals surface area contributed by atoms with Gasteiger partial charge in [-0.05, 0) is 36.8 Å². The van der Waals surface area contributed by atoms with Gasteiger partial charge in [0.05, 0.1) is 5.88 Å². The van der Waals surface area contributed by atoms with Crippen LogP contribution in [0.25, 0.3) is 0 Å². The molecule has 0 saturated carbocycles. The van der Waals surface area contributed by atoms with E-state index >= 15 is 0 Å². The molecule has 0 unspecified atom stereocenters. The molecule has 0 aromatic heterocycles. The molecular formula is C17H25NS. The molecule has 1 aliphatic heterocycles. The van der Waals surface area contributed by atoms with Crippen LogP contribution in [0, 0.1) is 0 Å². The summed E-state index contributed by atoms with van der Waals surface area (Å²) in [7, 11) is 0. The van der Waals surface area contributed by atoms with Crippen molar-refractivity contribution in [2.45, 2.75) is 53.4 Å². The van der Waals surface area contributed by atoms with E-state index in [0.717, 1.165) is 5.88 Å². The lowest BCUT2D eigenvalue weighted by Crippen LogP contribution is -2.20. The van der Waals surface area contributed by atoms with Gasteiger partial charge in [-0.3, -0.25) is 0 Å². The maximum Gasteiger partial charge on any atom is 0.0729 e. The van der Waals surface area contributed by atoms with E-state index in [1.807, 2.05) is 11.8 Å². The SMILES string of the molecule is CC1=C(C)N(c2c(C(C)C)cccc2C(C)C)CS1. The first kappa shape index (κ1) is 14.5. The molecule has 1 heterocycles. The summed E-state index contributed by atoms with van der Waals surface area (Å²) < 4.78 is 0. The third kappa shape index (κ3) is 2.69. The second-order valence-corrected chi connectivity index (χ2v) is 7.10. The molecule has 0 saturated heterocycles. The molecule has 1 aromatic rings. The highest BCUT2D eigenvalue weighted by atomic mass is 32.2. The van der Waals surface area contributed by atoms with Crippen molar-refractivity contribution < 1.29 is 0 Å². The number of nitrogens with zero attached hydrogens (tertiary/aromatic N) is 1. The monoisotopic (exact) mass is 275 g/mol. The summed E-state index contributed by atoms with van der Waals surface area (Å²) in [6, 6.07) is 6.79. The van der Waals surface area contributed by atoms with Crippen molar-refractivity contribution in [2.75, 3.05) is 10.8 Å². The van der Waals surface area contributed by atoms with Crippen LogP contribution in [-0.4, -0.2) is 5.88 Å². The van der Waals surface area contributed by atoms with E-state index in [1.54, 1.807) is 0 Å². The van der Waals surface area contributed by atoms with Gasteiger partial charge in [0, 0.05) is 16.3 Å². The quantitative estimate of drug-likeness (QED) is 0.696. The minimum Gasteiger partial charge on any atom is -0.334 e. The summed E-state index contributed by atoms with van der Waals surface area (Å²) in [5.74, 6) is 2.18. The molecule has 0 amide bonds. The zero-order valence-corrected chi connectivity index (χ0v) is 13.8. The third-order valence-corrected chi connectivity index (χ3v) is 5.05. The summed E-state index contributed by atoms with van der Waals surface area (Å²) in [6.07, 6.45) is 0. The van der Waals surface area contributed by atoms with Crippen LogP contribution >= 0.6 is 11.8 Å². The second-order valence-electron chi connectivity index (χ2n) is 5.94. The highest BCUT2D eigenvalue weighted by Gasteiger charge is 2.24. The number of benzene rings is 1. The topological polar surface area (TPSA) is 3.24 Å². The minimum atomic E-state index is 0.562. The van der Waals surface area contributed by atoms with Crippen LogP contribution in [-0.2, 0) is 0 Å². The van der Waals surface area contributed by atoms with Crippen molar-refractivity contribution in [3.05, 3.63) is 39.9 Å². The normalized spacial score (nSPS) is 16.1. The number of thioether (sulfide) groups is 1. The van der Waals surface area contributed by atoms with Crippen LogP contribution in [0.1, 0.15) is 64.5 Å². The Bertz CT molecular complexity index is 474. The zero-order valence-electron chi connectivity index (χ0n) is 12.9. The summed E-state index contributed by atoms with van der Waals surface area (Å²) in [5.41, 5.74) is 5.82. The van der Waals surface area contributed by atoms with Gasteiger partial charge in [0.1, 0.15) is 0 Å². The van der Waals surface area contributed by atoms with Crippen LogP contribution < -0.4 is 4.90 Å². The molecule has 104 valence electrons. The maximum atomic E-state index is 2.50. The molecule has 0 N–H and O–H groups in total. The molecule has 1 aliphatic rings. The molecule has 1 nitrogen and oxygen atoms in total. The molecule has 19 heavy (non-hydrogen) atoms. The van der Waals surface area contributed by atoms with Gasteiger partial charge in [-0.25, -0.2) is 0 Å². The Morgan fingerprint density at radius 2 is 1.53 bits per heavy atom. The Morgan fingerprint density at radius 3 is 1.89 bits per heavy atom. The van der Waals surface area contributed by atoms with Crippen molar-refractivity contribution in [1.29, 1.82) is 0 Å². The molecule has 2 heteroatoms. The summed E-state index contributed by atoms with van der Waals surface area (Å²) in [5, 5.41) is 0. The van der Waals surface area contributed by atoms with Crippen molar-refractivity contribution in [1.82, 2.24) is 0 Å². The summed E-state index contributed by atoms with van der Waals surface area (Å²) in [4.78, 5) is 3.96. The zero-order chi connectivity index (χ0) is 14.2. The average Bonchev–Trinajstić information content (AvgIpc) is 2.68. The van der Waals surface area contributed by atoms with E-state index in [1.165, 1.54) is 27.4 Å². The lowest BCUT2D eigenvalue weighted by atomic mass is 9.92. The Kier molecular flexibility index (Phi) is 4.29. The minimum absolute atomic E-state index is 0.562. The number of hydrogen-bond donors (Lipinski definition) is 0. The lowest BCUT2D eigenvalue weighted by Gasteiger charge is -2.28. The van der Waals surface area contributed by atoms with Crippen LogP contribution in [0.3, 0.4) is 0 Å². The van der Waals surface area contributed by atoms with Crippen molar-refractivity contribution in [3.8, 4) is 0 Å².